The summed E-state index contributed by atoms with van der Waals surface area (Å²) in [5.74, 6) is 0. The Morgan fingerprint density at radius 2 is 1.00 bits per heavy atom. The van der Waals surface area contributed by atoms with Gasteiger partial charge >= 0.3 is 0 Å². The van der Waals surface area contributed by atoms with Crippen LogP contribution in [0.3, 0.4) is 0 Å². The number of halogens is 1. The van der Waals surface area contributed by atoms with Gasteiger partial charge in [-0.15, -0.1) is 0 Å². The average molecular weight is 294 g/mol. The minimum Gasteiger partial charge on any atom is 0 e. The molecular formula is ClCsGaMgS. The quantitative estimate of drug-likeness (QED) is 0.560. The molecule has 0 aliphatic rings. The Kier molecular flexibility index (Phi) is 173. The van der Waals surface area contributed by atoms with Gasteiger partial charge in [-0.2, -0.15) is 0 Å². The maximum atomic E-state index is 0. The molecule has 0 saturated carbocycles. The first-order chi connectivity index (χ1) is 0. The fourth-order valence-electron chi connectivity index (χ4n) is 0. The molecule has 0 unspecified atom stereocenters. The molecule has 0 heterocycles. The zero-order chi connectivity index (χ0) is 0. The van der Waals surface area contributed by atoms with Crippen LogP contribution in [0.15, 0.2) is 0 Å². The monoisotopic (exact) mass is 293 g/mol. The van der Waals surface area contributed by atoms with Crippen molar-refractivity contribution >= 4 is 138 Å². The van der Waals surface area contributed by atoms with Crippen molar-refractivity contribution in [1.29, 1.82) is 0 Å². The molecule has 0 aromatic carbocycles. The van der Waals surface area contributed by atoms with Crippen molar-refractivity contribution in [2.45, 2.75) is 0 Å². The molecule has 0 amide bonds. The van der Waals surface area contributed by atoms with E-state index in [0.717, 1.165) is 0 Å². The summed E-state index contributed by atoms with van der Waals surface area (Å²) in [5.41, 5.74) is 0. The van der Waals surface area contributed by atoms with E-state index in [-0.39, 0.29) is 138 Å². The minimum atomic E-state index is 0. The molecule has 0 rings (SSSR count). The number of rotatable bonds is 0. The van der Waals surface area contributed by atoms with Crippen LogP contribution in [-0.2, 0) is 0 Å². The fraction of sp³-hybridized carbons (Fsp3) is 0. The molecule has 9 radical (unpaired) electrons. The first-order valence-corrected chi connectivity index (χ1v) is 0. The SMILES string of the molecule is [Cl].[Cs].[Ga].[Mg].[S]. The van der Waals surface area contributed by atoms with Crippen LogP contribution >= 0.6 is 25.9 Å². The molecule has 5 heteroatoms. The maximum absolute atomic E-state index is 0. The Labute approximate surface area is 133 Å². The Bertz CT molecular complexity index is 11.6. The van der Waals surface area contributed by atoms with Crippen molar-refractivity contribution in [2.24, 2.45) is 0 Å². The van der Waals surface area contributed by atoms with Gasteiger partial charge in [-0.25, -0.2) is 0 Å². The topological polar surface area (TPSA) is 0 Å². The largest absolute Gasteiger partial charge is 0 e. The summed E-state index contributed by atoms with van der Waals surface area (Å²) in [5, 5.41) is 0. The second kappa shape index (κ2) is 24.3. The summed E-state index contributed by atoms with van der Waals surface area (Å²) >= 11 is 0. The summed E-state index contributed by atoms with van der Waals surface area (Å²) in [4.78, 5) is 0. The van der Waals surface area contributed by atoms with Gasteiger partial charge in [0.05, 0.1) is 0 Å². The van der Waals surface area contributed by atoms with Crippen molar-refractivity contribution in [3.05, 3.63) is 0 Å². The van der Waals surface area contributed by atoms with Crippen LogP contribution < -0.4 is 0 Å². The number of hydrogen-bond donors (Lipinski definition) is 0. The summed E-state index contributed by atoms with van der Waals surface area (Å²) in [7, 11) is 0. The second-order valence-electron chi connectivity index (χ2n) is 0. The van der Waals surface area contributed by atoms with Crippen LogP contribution in [0.2, 0.25) is 0 Å². The van der Waals surface area contributed by atoms with E-state index < -0.39 is 0 Å². The summed E-state index contributed by atoms with van der Waals surface area (Å²) < 4.78 is 0. The maximum Gasteiger partial charge on any atom is 0 e. The van der Waals surface area contributed by atoms with E-state index >= 15 is 0 Å². The Morgan fingerprint density at radius 1 is 1.00 bits per heavy atom. The van der Waals surface area contributed by atoms with Crippen LogP contribution in [0.4, 0.5) is 0 Å². The number of hydrogen-bond acceptors (Lipinski definition) is 0. The van der Waals surface area contributed by atoms with Crippen molar-refractivity contribution < 1.29 is 0 Å². The third-order valence-electron chi connectivity index (χ3n) is 0. The minimum absolute atomic E-state index is 0. The standard InChI is InChI=1S/Cl.Cs.Ga.Mg.S. The molecule has 0 aromatic rings. The van der Waals surface area contributed by atoms with Gasteiger partial charge in [0.25, 0.3) is 0 Å². The van der Waals surface area contributed by atoms with Gasteiger partial charge in [-0.05, 0) is 0 Å². The molecule has 5 heavy (non-hydrogen) atoms. The normalized spacial score (nSPS) is 0. The zero-order valence-corrected chi connectivity index (χ0v) is 14.8. The van der Waals surface area contributed by atoms with Gasteiger partial charge < -0.3 is 0 Å². The molecular weight excluding hydrogens is 294 g/mol. The van der Waals surface area contributed by atoms with Crippen molar-refractivity contribution in [3.8, 4) is 0 Å². The molecule has 0 bridgehead atoms. The van der Waals surface area contributed by atoms with Crippen LogP contribution in [0, 0.1) is 0 Å². The van der Waals surface area contributed by atoms with Crippen LogP contribution in [0.1, 0.15) is 0 Å². The van der Waals surface area contributed by atoms with Crippen LogP contribution in [-0.4, -0.2) is 112 Å². The summed E-state index contributed by atoms with van der Waals surface area (Å²) in [6, 6.07) is 0. The zero-order valence-electron chi connectivity index (χ0n) is 3.07. The van der Waals surface area contributed by atoms with Crippen LogP contribution in [0.5, 0.6) is 0 Å². The Hall–Kier alpha value is 4.09. The van der Waals surface area contributed by atoms with E-state index in [2.05, 4.69) is 0 Å². The molecule has 0 saturated heterocycles. The molecule has 0 aliphatic carbocycles. The van der Waals surface area contributed by atoms with E-state index in [1.807, 2.05) is 0 Å². The van der Waals surface area contributed by atoms with Crippen LogP contribution in [0.25, 0.3) is 0 Å². The smallest absolute Gasteiger partial charge is 0 e. The van der Waals surface area contributed by atoms with Crippen molar-refractivity contribution in [2.75, 3.05) is 0 Å². The molecule has 19 valence electrons. The molecule has 0 fully saturated rings. The van der Waals surface area contributed by atoms with Gasteiger partial charge in [0, 0.05) is 138 Å². The van der Waals surface area contributed by atoms with E-state index in [4.69, 9.17) is 0 Å². The van der Waals surface area contributed by atoms with E-state index in [0.29, 0.717) is 0 Å². The molecule has 0 aromatic heterocycles. The molecule has 0 spiro atoms. The first kappa shape index (κ1) is 35.5. The summed E-state index contributed by atoms with van der Waals surface area (Å²) in [6.07, 6.45) is 0. The van der Waals surface area contributed by atoms with Gasteiger partial charge in [-0.3, -0.25) is 0 Å². The molecule has 0 aliphatic heterocycles. The van der Waals surface area contributed by atoms with Gasteiger partial charge in [0.2, 0.25) is 0 Å². The third-order valence-corrected chi connectivity index (χ3v) is 0. The predicted octanol–water partition coefficient (Wildman–Crippen LogP) is 0.195. The first-order valence-electron chi connectivity index (χ1n) is 0. The fourth-order valence-corrected chi connectivity index (χ4v) is 0. The van der Waals surface area contributed by atoms with Crippen molar-refractivity contribution in [3.63, 3.8) is 0 Å². The van der Waals surface area contributed by atoms with E-state index in [1.54, 1.807) is 0 Å². The molecule has 0 nitrogen and oxygen atoms in total. The Morgan fingerprint density at radius 3 is 1.00 bits per heavy atom. The van der Waals surface area contributed by atoms with Gasteiger partial charge in [-0.1, -0.05) is 0 Å². The third kappa shape index (κ3) is 17.9. The average Bonchev–Trinajstić information content (AvgIpc) is 0. The van der Waals surface area contributed by atoms with E-state index in [9.17, 15) is 0 Å². The summed E-state index contributed by atoms with van der Waals surface area (Å²) in [6.45, 7) is 0. The van der Waals surface area contributed by atoms with Gasteiger partial charge in [0.1, 0.15) is 0 Å². The van der Waals surface area contributed by atoms with Gasteiger partial charge in [0.15, 0.2) is 0 Å². The van der Waals surface area contributed by atoms with Crippen molar-refractivity contribution in [1.82, 2.24) is 0 Å². The second-order valence-corrected chi connectivity index (χ2v) is 0. The Balaban J connectivity index is 0. The predicted molar refractivity (Wildman–Crippen MR) is 30.7 cm³/mol. The molecule has 0 atom stereocenters. The van der Waals surface area contributed by atoms with E-state index in [1.165, 1.54) is 0 Å². The molecule has 0 N–H and O–H groups in total.